The van der Waals surface area contributed by atoms with Gasteiger partial charge in [0.15, 0.2) is 5.82 Å². The molecule has 0 aliphatic carbocycles. The maximum absolute atomic E-state index is 14.8. The number of hydrogen-bond acceptors (Lipinski definition) is 5. The summed E-state index contributed by atoms with van der Waals surface area (Å²) in [6, 6.07) is 2.72. The van der Waals surface area contributed by atoms with Crippen LogP contribution in [0.15, 0.2) is 12.1 Å². The van der Waals surface area contributed by atoms with Crippen molar-refractivity contribution in [2.75, 3.05) is 42.5 Å². The van der Waals surface area contributed by atoms with Gasteiger partial charge >= 0.3 is 6.03 Å². The second-order valence-corrected chi connectivity index (χ2v) is 7.48. The summed E-state index contributed by atoms with van der Waals surface area (Å²) in [5, 5.41) is 10.5. The van der Waals surface area contributed by atoms with Crippen LogP contribution in [0.3, 0.4) is 0 Å². The molecule has 0 unspecified atom stereocenters. The number of benzene rings is 1. The van der Waals surface area contributed by atoms with Gasteiger partial charge in [-0.2, -0.15) is 5.10 Å². The fourth-order valence-electron chi connectivity index (χ4n) is 4.09. The molecule has 3 saturated heterocycles. The first kappa shape index (κ1) is 15.6. The van der Waals surface area contributed by atoms with Gasteiger partial charge in [-0.1, -0.05) is 0 Å². The maximum atomic E-state index is 14.8. The largest absolute Gasteiger partial charge is 0.368 e. The van der Waals surface area contributed by atoms with Crippen LogP contribution < -0.4 is 20.4 Å². The molecule has 26 heavy (non-hydrogen) atoms. The second kappa shape index (κ2) is 5.16. The van der Waals surface area contributed by atoms with Crippen LogP contribution >= 0.6 is 0 Å². The number of nitrogens with one attached hydrogen (secondary N) is 2. The van der Waals surface area contributed by atoms with E-state index in [0.717, 1.165) is 31.7 Å². The number of hydrogen-bond donors (Lipinski definition) is 2. The first-order valence-corrected chi connectivity index (χ1v) is 8.69. The lowest BCUT2D eigenvalue weighted by atomic mass is 9.74. The molecule has 9 heteroatoms. The average Bonchev–Trinajstić information content (AvgIpc) is 2.81. The number of nitrogens with zero attached hydrogens (tertiary/aromatic N) is 4. The summed E-state index contributed by atoms with van der Waals surface area (Å²) >= 11 is 0. The molecule has 136 valence electrons. The van der Waals surface area contributed by atoms with Crippen molar-refractivity contribution in [3.05, 3.63) is 17.9 Å². The van der Waals surface area contributed by atoms with Gasteiger partial charge in [-0.25, -0.2) is 9.18 Å². The van der Waals surface area contributed by atoms with Gasteiger partial charge in [0, 0.05) is 57.0 Å². The van der Waals surface area contributed by atoms with E-state index >= 15 is 0 Å². The predicted molar refractivity (Wildman–Crippen MR) is 93.7 cm³/mol. The highest BCUT2D eigenvalue weighted by atomic mass is 19.1. The summed E-state index contributed by atoms with van der Waals surface area (Å²) < 4.78 is 16.5. The fraction of sp³-hybridized carbons (Fsp3) is 0.471. The molecule has 5 rings (SSSR count). The molecule has 0 radical (unpaired) electrons. The van der Waals surface area contributed by atoms with Gasteiger partial charge in [-0.3, -0.25) is 19.7 Å². The van der Waals surface area contributed by atoms with Crippen molar-refractivity contribution >= 4 is 34.3 Å². The van der Waals surface area contributed by atoms with E-state index in [9.17, 15) is 14.0 Å². The third kappa shape index (κ3) is 2.13. The van der Waals surface area contributed by atoms with E-state index in [2.05, 4.69) is 20.6 Å². The Morgan fingerprint density at radius 1 is 1.23 bits per heavy atom. The van der Waals surface area contributed by atoms with Crippen molar-refractivity contribution in [3.63, 3.8) is 0 Å². The standard InChI is InChI=1S/C17H19FN6O2/c1-22-12-5-13(23-8-17(9-23)6-19-7-17)11(18)4-10(12)15(21-22)24-3-2-14(25)20-16(24)26/h4-5,19H,2-3,6-9H2,1H3,(H,20,25,26). The molecule has 3 aliphatic rings. The highest BCUT2D eigenvalue weighted by Gasteiger charge is 2.48. The van der Waals surface area contributed by atoms with Crippen LogP contribution in [0.1, 0.15) is 6.42 Å². The number of rotatable bonds is 2. The highest BCUT2D eigenvalue weighted by molar-refractivity contribution is 6.09. The molecule has 0 atom stereocenters. The van der Waals surface area contributed by atoms with Crippen LogP contribution in [0.2, 0.25) is 0 Å². The van der Waals surface area contributed by atoms with Gasteiger partial charge < -0.3 is 10.2 Å². The Morgan fingerprint density at radius 2 is 2.00 bits per heavy atom. The van der Waals surface area contributed by atoms with Crippen molar-refractivity contribution in [1.29, 1.82) is 0 Å². The molecule has 1 aromatic carbocycles. The molecule has 1 spiro atoms. The van der Waals surface area contributed by atoms with E-state index in [1.807, 2.05) is 0 Å². The van der Waals surface area contributed by atoms with Gasteiger partial charge in [0.05, 0.1) is 11.2 Å². The Balaban J connectivity index is 1.51. The van der Waals surface area contributed by atoms with Crippen molar-refractivity contribution in [2.24, 2.45) is 12.5 Å². The molecular weight excluding hydrogens is 339 g/mol. The first-order chi connectivity index (χ1) is 12.5. The van der Waals surface area contributed by atoms with Crippen molar-refractivity contribution < 1.29 is 14.0 Å². The van der Waals surface area contributed by atoms with Gasteiger partial charge in [0.2, 0.25) is 5.91 Å². The minimum absolute atomic E-state index is 0.203. The van der Waals surface area contributed by atoms with E-state index in [-0.39, 0.29) is 24.7 Å². The molecule has 0 saturated carbocycles. The average molecular weight is 358 g/mol. The quantitative estimate of drug-likeness (QED) is 0.820. The minimum atomic E-state index is -0.520. The summed E-state index contributed by atoms with van der Waals surface area (Å²) in [4.78, 5) is 26.9. The smallest absolute Gasteiger partial charge is 0.329 e. The monoisotopic (exact) mass is 358 g/mol. The SMILES string of the molecule is Cn1nc(N2CCC(=O)NC2=O)c2cc(F)c(N3CC4(CNC4)C3)cc21. The van der Waals surface area contributed by atoms with Crippen molar-refractivity contribution in [1.82, 2.24) is 20.4 Å². The summed E-state index contributed by atoms with van der Waals surface area (Å²) in [6.45, 7) is 3.92. The number of amides is 3. The van der Waals surface area contributed by atoms with Crippen LogP contribution in [0, 0.1) is 11.2 Å². The van der Waals surface area contributed by atoms with E-state index in [1.165, 1.54) is 11.0 Å². The summed E-state index contributed by atoms with van der Waals surface area (Å²) in [5.74, 6) is -0.249. The Morgan fingerprint density at radius 3 is 2.65 bits per heavy atom. The topological polar surface area (TPSA) is 82.5 Å². The molecule has 2 N–H and O–H groups in total. The Labute approximate surface area is 148 Å². The summed E-state index contributed by atoms with van der Waals surface area (Å²) in [7, 11) is 1.77. The number of aryl methyl sites for hydroxylation is 1. The maximum Gasteiger partial charge on any atom is 0.329 e. The van der Waals surface area contributed by atoms with E-state index in [1.54, 1.807) is 17.8 Å². The number of anilines is 2. The lowest BCUT2D eigenvalue weighted by Gasteiger charge is -2.57. The third-order valence-electron chi connectivity index (χ3n) is 5.60. The van der Waals surface area contributed by atoms with E-state index < -0.39 is 6.03 Å². The second-order valence-electron chi connectivity index (χ2n) is 7.48. The number of carbonyl (C=O) groups is 2. The summed E-state index contributed by atoms with van der Waals surface area (Å²) in [5.41, 5.74) is 1.63. The first-order valence-electron chi connectivity index (χ1n) is 8.69. The molecule has 2 aromatic rings. The van der Waals surface area contributed by atoms with E-state index in [4.69, 9.17) is 0 Å². The molecule has 4 heterocycles. The number of carbonyl (C=O) groups excluding carboxylic acids is 2. The molecule has 8 nitrogen and oxygen atoms in total. The lowest BCUT2D eigenvalue weighted by molar-refractivity contribution is -0.120. The van der Waals surface area contributed by atoms with Crippen LogP contribution in [0.5, 0.6) is 0 Å². The fourth-order valence-corrected chi connectivity index (χ4v) is 4.09. The molecule has 3 amide bonds. The van der Waals surface area contributed by atoms with Crippen molar-refractivity contribution in [3.8, 4) is 0 Å². The third-order valence-corrected chi connectivity index (χ3v) is 5.60. The van der Waals surface area contributed by atoms with Crippen LogP contribution in [-0.2, 0) is 11.8 Å². The number of urea groups is 1. The van der Waals surface area contributed by atoms with Gasteiger partial charge in [-0.15, -0.1) is 0 Å². The summed E-state index contributed by atoms with van der Waals surface area (Å²) in [6.07, 6.45) is 0.203. The predicted octanol–water partition coefficient (Wildman–Crippen LogP) is 0.568. The van der Waals surface area contributed by atoms with Crippen molar-refractivity contribution in [2.45, 2.75) is 6.42 Å². The van der Waals surface area contributed by atoms with Crippen LogP contribution in [0.25, 0.3) is 10.9 Å². The molecule has 3 fully saturated rings. The van der Waals surface area contributed by atoms with Gasteiger partial charge in [0.25, 0.3) is 0 Å². The normalized spacial score (nSPS) is 21.8. The highest BCUT2D eigenvalue weighted by Crippen LogP contribution is 2.40. The zero-order valence-corrected chi connectivity index (χ0v) is 14.4. The number of fused-ring (bicyclic) bond motifs is 1. The van der Waals surface area contributed by atoms with E-state index in [0.29, 0.717) is 22.3 Å². The number of aromatic nitrogens is 2. The molecule has 3 aliphatic heterocycles. The molecular formula is C17H19FN6O2. The zero-order chi connectivity index (χ0) is 18.1. The zero-order valence-electron chi connectivity index (χ0n) is 14.4. The van der Waals surface area contributed by atoms with Gasteiger partial charge in [0.1, 0.15) is 5.82 Å². The Hall–Kier alpha value is -2.68. The lowest BCUT2D eigenvalue weighted by Crippen LogP contribution is -2.71. The molecule has 1 aromatic heterocycles. The number of imide groups is 1. The Kier molecular flexibility index (Phi) is 3.09. The number of halogens is 1. The Bertz CT molecular complexity index is 942. The van der Waals surface area contributed by atoms with Crippen LogP contribution in [0.4, 0.5) is 20.7 Å². The molecule has 0 bridgehead atoms. The van der Waals surface area contributed by atoms with Gasteiger partial charge in [-0.05, 0) is 12.1 Å². The minimum Gasteiger partial charge on any atom is -0.368 e. The van der Waals surface area contributed by atoms with Crippen LogP contribution in [-0.4, -0.2) is 54.4 Å².